The van der Waals surface area contributed by atoms with Crippen LogP contribution in [0.4, 0.5) is 4.79 Å². The lowest BCUT2D eigenvalue weighted by atomic mass is 9.96. The predicted octanol–water partition coefficient (Wildman–Crippen LogP) is 4.05. The van der Waals surface area contributed by atoms with Crippen LogP contribution in [0.5, 0.6) is 11.5 Å². The van der Waals surface area contributed by atoms with E-state index in [0.717, 1.165) is 18.6 Å². The Labute approximate surface area is 200 Å². The molecule has 2 aromatic carbocycles. The lowest BCUT2D eigenvalue weighted by Crippen LogP contribution is -2.41. The minimum Gasteiger partial charge on any atom is -0.494 e. The third-order valence-corrected chi connectivity index (χ3v) is 5.61. The maximum Gasteiger partial charge on any atom is 0.513 e. The van der Waals surface area contributed by atoms with Crippen LogP contribution in [0, 0.1) is 5.92 Å². The number of benzene rings is 2. The van der Waals surface area contributed by atoms with Gasteiger partial charge in [0.05, 0.1) is 13.2 Å². The maximum absolute atomic E-state index is 12.8. The Balaban J connectivity index is 1.31. The van der Waals surface area contributed by atoms with Gasteiger partial charge < -0.3 is 24.4 Å². The minimum atomic E-state index is -0.767. The molecule has 0 radical (unpaired) electrons. The van der Waals surface area contributed by atoms with Gasteiger partial charge in [-0.3, -0.25) is 9.59 Å². The van der Waals surface area contributed by atoms with Crippen molar-refractivity contribution in [2.45, 2.75) is 32.6 Å². The zero-order valence-electron chi connectivity index (χ0n) is 19.5. The van der Waals surface area contributed by atoms with Crippen molar-refractivity contribution in [1.82, 2.24) is 10.2 Å². The molecule has 3 rings (SSSR count). The van der Waals surface area contributed by atoms with E-state index < -0.39 is 6.16 Å². The molecule has 0 aliphatic carbocycles. The minimum absolute atomic E-state index is 0.0281. The van der Waals surface area contributed by atoms with Crippen LogP contribution in [0.2, 0.25) is 0 Å². The van der Waals surface area contributed by atoms with Gasteiger partial charge in [-0.1, -0.05) is 18.2 Å². The number of para-hydroxylation sites is 1. The van der Waals surface area contributed by atoms with Gasteiger partial charge in [0.25, 0.3) is 5.91 Å². The first-order valence-corrected chi connectivity index (χ1v) is 11.7. The summed E-state index contributed by atoms with van der Waals surface area (Å²) in [5, 5.41) is 3.01. The van der Waals surface area contributed by atoms with E-state index in [1.807, 2.05) is 35.2 Å². The number of hydrogen-bond donors (Lipinski definition) is 1. The fourth-order valence-electron chi connectivity index (χ4n) is 3.72. The van der Waals surface area contributed by atoms with E-state index in [2.05, 4.69) is 5.32 Å². The number of nitrogens with one attached hydrogen (secondary N) is 1. The zero-order valence-corrected chi connectivity index (χ0v) is 19.5. The average molecular weight is 469 g/mol. The van der Waals surface area contributed by atoms with E-state index in [9.17, 15) is 14.4 Å². The summed E-state index contributed by atoms with van der Waals surface area (Å²) in [6.07, 6.45) is 2.01. The Hall–Kier alpha value is -3.55. The summed E-state index contributed by atoms with van der Waals surface area (Å²) >= 11 is 0. The highest BCUT2D eigenvalue weighted by Crippen LogP contribution is 2.20. The standard InChI is InChI=1S/C26H32N2O6/c1-2-32-26(31)34-23-12-10-21(11-13-23)25(30)28-16-14-20(15-17-28)19-27-24(29)9-6-18-33-22-7-4-3-5-8-22/h3-5,7-8,10-13,20H,2,6,9,14-19H2,1H3,(H,27,29). The summed E-state index contributed by atoms with van der Waals surface area (Å²) in [4.78, 5) is 38.1. The molecule has 1 heterocycles. The molecule has 0 spiro atoms. The highest BCUT2D eigenvalue weighted by atomic mass is 16.7. The summed E-state index contributed by atoms with van der Waals surface area (Å²) in [6, 6.07) is 16.0. The molecule has 0 unspecified atom stereocenters. The van der Waals surface area contributed by atoms with Crippen LogP contribution in [0.1, 0.15) is 43.0 Å². The second kappa shape index (κ2) is 13.2. The summed E-state index contributed by atoms with van der Waals surface area (Å²) in [6.45, 7) is 4.35. The molecule has 0 atom stereocenters. The molecular weight excluding hydrogens is 436 g/mol. The Bertz CT molecular complexity index is 924. The van der Waals surface area contributed by atoms with E-state index in [1.54, 1.807) is 31.2 Å². The van der Waals surface area contributed by atoms with Crippen molar-refractivity contribution < 1.29 is 28.6 Å². The summed E-state index contributed by atoms with van der Waals surface area (Å²) in [5.74, 6) is 1.47. The number of nitrogens with zero attached hydrogens (tertiary/aromatic N) is 1. The molecule has 8 nitrogen and oxygen atoms in total. The maximum atomic E-state index is 12.8. The Morgan fingerprint density at radius 3 is 2.35 bits per heavy atom. The van der Waals surface area contributed by atoms with Crippen LogP contribution in [0.3, 0.4) is 0 Å². The molecule has 1 saturated heterocycles. The quantitative estimate of drug-likeness (QED) is 0.321. The normalized spacial score (nSPS) is 13.7. The molecule has 8 heteroatoms. The monoisotopic (exact) mass is 468 g/mol. The smallest absolute Gasteiger partial charge is 0.494 e. The van der Waals surface area contributed by atoms with Crippen LogP contribution >= 0.6 is 0 Å². The number of hydrogen-bond acceptors (Lipinski definition) is 6. The van der Waals surface area contributed by atoms with Gasteiger partial charge in [-0.25, -0.2) is 4.79 Å². The lowest BCUT2D eigenvalue weighted by Gasteiger charge is -2.32. The van der Waals surface area contributed by atoms with Crippen LogP contribution in [-0.2, 0) is 9.53 Å². The Morgan fingerprint density at radius 2 is 1.68 bits per heavy atom. The van der Waals surface area contributed by atoms with Crippen LogP contribution < -0.4 is 14.8 Å². The van der Waals surface area contributed by atoms with Crippen LogP contribution in [-0.4, -0.2) is 55.7 Å². The molecule has 0 saturated carbocycles. The van der Waals surface area contributed by atoms with Crippen molar-refractivity contribution in [2.75, 3.05) is 32.8 Å². The second-order valence-corrected chi connectivity index (χ2v) is 8.11. The van der Waals surface area contributed by atoms with Crippen molar-refractivity contribution in [3.8, 4) is 11.5 Å². The van der Waals surface area contributed by atoms with Gasteiger partial charge >= 0.3 is 6.16 Å². The summed E-state index contributed by atoms with van der Waals surface area (Å²) in [7, 11) is 0. The molecule has 2 aromatic rings. The van der Waals surface area contributed by atoms with Gasteiger partial charge in [0.15, 0.2) is 0 Å². The third kappa shape index (κ3) is 8.10. The van der Waals surface area contributed by atoms with Gasteiger partial charge in [-0.15, -0.1) is 0 Å². The predicted molar refractivity (Wildman–Crippen MR) is 127 cm³/mol. The molecule has 0 bridgehead atoms. The third-order valence-electron chi connectivity index (χ3n) is 5.61. The molecule has 2 amide bonds. The fraction of sp³-hybridized carbons (Fsp3) is 0.423. The molecule has 1 N–H and O–H groups in total. The van der Waals surface area contributed by atoms with Crippen molar-refractivity contribution in [3.63, 3.8) is 0 Å². The molecule has 34 heavy (non-hydrogen) atoms. The molecular formula is C26H32N2O6. The Morgan fingerprint density at radius 1 is 0.971 bits per heavy atom. The number of rotatable bonds is 10. The first-order valence-electron chi connectivity index (χ1n) is 11.7. The fourth-order valence-corrected chi connectivity index (χ4v) is 3.72. The van der Waals surface area contributed by atoms with Gasteiger partial charge in [0.1, 0.15) is 11.5 Å². The van der Waals surface area contributed by atoms with Crippen molar-refractivity contribution >= 4 is 18.0 Å². The number of piperidine rings is 1. The average Bonchev–Trinajstić information content (AvgIpc) is 2.86. The molecule has 1 aliphatic heterocycles. The van der Waals surface area contributed by atoms with Crippen molar-refractivity contribution in [2.24, 2.45) is 5.92 Å². The highest BCUT2D eigenvalue weighted by Gasteiger charge is 2.24. The van der Waals surface area contributed by atoms with Gasteiger partial charge in [0.2, 0.25) is 5.91 Å². The first-order chi connectivity index (χ1) is 16.5. The van der Waals surface area contributed by atoms with E-state index >= 15 is 0 Å². The zero-order chi connectivity index (χ0) is 24.2. The molecule has 1 fully saturated rings. The van der Waals surface area contributed by atoms with Crippen molar-refractivity contribution in [1.29, 1.82) is 0 Å². The highest BCUT2D eigenvalue weighted by molar-refractivity contribution is 5.94. The van der Waals surface area contributed by atoms with E-state index in [0.29, 0.717) is 56.3 Å². The summed E-state index contributed by atoms with van der Waals surface area (Å²) in [5.41, 5.74) is 0.542. The second-order valence-electron chi connectivity index (χ2n) is 8.11. The van der Waals surface area contributed by atoms with Gasteiger partial charge in [0, 0.05) is 31.6 Å². The van der Waals surface area contributed by atoms with Crippen molar-refractivity contribution in [3.05, 3.63) is 60.2 Å². The van der Waals surface area contributed by atoms with E-state index in [1.165, 1.54) is 0 Å². The number of amides is 2. The van der Waals surface area contributed by atoms with E-state index in [-0.39, 0.29) is 18.4 Å². The van der Waals surface area contributed by atoms with Gasteiger partial charge in [-0.2, -0.15) is 0 Å². The number of carbonyl (C=O) groups is 3. The lowest BCUT2D eigenvalue weighted by molar-refractivity contribution is -0.121. The molecule has 182 valence electrons. The van der Waals surface area contributed by atoms with E-state index in [4.69, 9.17) is 14.2 Å². The first kappa shape index (κ1) is 25.1. The molecule has 0 aromatic heterocycles. The molecule has 1 aliphatic rings. The number of likely N-dealkylation sites (tertiary alicyclic amines) is 1. The van der Waals surface area contributed by atoms with Crippen LogP contribution in [0.25, 0.3) is 0 Å². The number of ether oxygens (including phenoxy) is 3. The SMILES string of the molecule is CCOC(=O)Oc1ccc(C(=O)N2CCC(CNC(=O)CCCOc3ccccc3)CC2)cc1. The van der Waals surface area contributed by atoms with Crippen LogP contribution in [0.15, 0.2) is 54.6 Å². The Kier molecular flexibility index (Phi) is 9.76. The number of carbonyl (C=O) groups excluding carboxylic acids is 3. The largest absolute Gasteiger partial charge is 0.513 e. The summed E-state index contributed by atoms with van der Waals surface area (Å²) < 4.78 is 15.4. The van der Waals surface area contributed by atoms with Gasteiger partial charge in [-0.05, 0) is 68.5 Å². The topological polar surface area (TPSA) is 94.2 Å².